The Kier molecular flexibility index (Phi) is 5.45. The lowest BCUT2D eigenvalue weighted by molar-refractivity contribution is 0.262. The molecule has 1 aliphatic heterocycles. The number of anilines is 1. The lowest BCUT2D eigenvalue weighted by Crippen LogP contribution is -2.09. The third kappa shape index (κ3) is 4.24. The van der Waals surface area contributed by atoms with Crippen molar-refractivity contribution in [1.29, 1.82) is 0 Å². The SMILES string of the molecule is c1ccc(-c2nc(-c3ccc4ccccc4c3)nc(-c3ccc4ccc5c(c4c3)OC(c3ccccc3)N5)n2)cc1. The van der Waals surface area contributed by atoms with E-state index in [1.165, 1.54) is 5.39 Å². The highest BCUT2D eigenvalue weighted by Gasteiger charge is 2.25. The third-order valence-corrected chi connectivity index (χ3v) is 7.53. The number of aromatic nitrogens is 3. The van der Waals surface area contributed by atoms with Crippen LogP contribution >= 0.6 is 0 Å². The molecule has 5 heteroatoms. The van der Waals surface area contributed by atoms with E-state index >= 15 is 0 Å². The van der Waals surface area contributed by atoms with E-state index < -0.39 is 0 Å². The maximum atomic E-state index is 6.46. The monoisotopic (exact) mass is 528 g/mol. The van der Waals surface area contributed by atoms with Crippen LogP contribution in [0.2, 0.25) is 0 Å². The standard InChI is InChI=1S/C36H24N4O/c1-3-10-25(11-4-1)33-38-34(28-17-15-23-9-7-8-14-27(23)21-28)40-35(39-33)29-18-16-24-19-20-31-32(30(24)22-29)41-36(37-31)26-12-5-2-6-13-26/h1-22,36-37H. The van der Waals surface area contributed by atoms with Crippen LogP contribution in [-0.4, -0.2) is 15.0 Å². The van der Waals surface area contributed by atoms with Gasteiger partial charge >= 0.3 is 0 Å². The minimum Gasteiger partial charge on any atom is -0.464 e. The molecule has 0 amide bonds. The van der Waals surface area contributed by atoms with Crippen LogP contribution in [0.4, 0.5) is 5.69 Å². The van der Waals surface area contributed by atoms with Crippen molar-refractivity contribution in [3.8, 4) is 39.9 Å². The predicted molar refractivity (Wildman–Crippen MR) is 165 cm³/mol. The van der Waals surface area contributed by atoms with Crippen molar-refractivity contribution < 1.29 is 4.74 Å². The Labute approximate surface area is 237 Å². The van der Waals surface area contributed by atoms with Crippen LogP contribution < -0.4 is 10.1 Å². The van der Waals surface area contributed by atoms with Crippen molar-refractivity contribution in [1.82, 2.24) is 15.0 Å². The number of fused-ring (bicyclic) bond motifs is 4. The summed E-state index contributed by atoms with van der Waals surface area (Å²) in [6, 6.07) is 45.4. The molecule has 0 spiro atoms. The fourth-order valence-electron chi connectivity index (χ4n) is 5.42. The van der Waals surface area contributed by atoms with Crippen molar-refractivity contribution in [2.75, 3.05) is 5.32 Å². The number of benzene rings is 6. The lowest BCUT2D eigenvalue weighted by Gasteiger charge is -2.12. The molecule has 1 atom stereocenters. The van der Waals surface area contributed by atoms with Gasteiger partial charge in [-0.2, -0.15) is 0 Å². The molecule has 0 radical (unpaired) electrons. The molecule has 1 unspecified atom stereocenters. The Hall–Kier alpha value is -5.55. The molecule has 0 bridgehead atoms. The number of nitrogens with one attached hydrogen (secondary N) is 1. The van der Waals surface area contributed by atoms with Crippen LogP contribution in [0.1, 0.15) is 11.8 Å². The molecule has 5 nitrogen and oxygen atoms in total. The van der Waals surface area contributed by atoms with Gasteiger partial charge in [-0.3, -0.25) is 0 Å². The first-order chi connectivity index (χ1) is 20.3. The van der Waals surface area contributed by atoms with Gasteiger partial charge in [0.15, 0.2) is 29.5 Å². The second kappa shape index (κ2) is 9.57. The quantitative estimate of drug-likeness (QED) is 0.248. The smallest absolute Gasteiger partial charge is 0.196 e. The van der Waals surface area contributed by atoms with E-state index in [4.69, 9.17) is 19.7 Å². The molecule has 1 aromatic heterocycles. The highest BCUT2D eigenvalue weighted by Crippen LogP contribution is 2.44. The van der Waals surface area contributed by atoms with E-state index in [-0.39, 0.29) is 6.23 Å². The van der Waals surface area contributed by atoms with Gasteiger partial charge in [0, 0.05) is 27.6 Å². The van der Waals surface area contributed by atoms with Gasteiger partial charge in [0.05, 0.1) is 5.69 Å². The van der Waals surface area contributed by atoms with E-state index in [2.05, 4.69) is 78.1 Å². The molecular formula is C36H24N4O. The van der Waals surface area contributed by atoms with Crippen LogP contribution in [0.5, 0.6) is 5.75 Å². The van der Waals surface area contributed by atoms with Crippen LogP contribution in [0.15, 0.2) is 133 Å². The maximum absolute atomic E-state index is 6.46. The summed E-state index contributed by atoms with van der Waals surface area (Å²) in [7, 11) is 0. The van der Waals surface area contributed by atoms with Crippen LogP contribution in [0.25, 0.3) is 55.7 Å². The number of ether oxygens (including phenoxy) is 1. The molecule has 2 heterocycles. The van der Waals surface area contributed by atoms with Crippen molar-refractivity contribution in [2.24, 2.45) is 0 Å². The van der Waals surface area contributed by atoms with E-state index in [0.717, 1.165) is 49.8 Å². The number of hydrogen-bond donors (Lipinski definition) is 1. The Morgan fingerprint density at radius 2 is 1.07 bits per heavy atom. The molecular weight excluding hydrogens is 504 g/mol. The lowest BCUT2D eigenvalue weighted by atomic mass is 10.0. The molecule has 0 fully saturated rings. The fraction of sp³-hybridized carbons (Fsp3) is 0.0278. The summed E-state index contributed by atoms with van der Waals surface area (Å²) in [5.74, 6) is 2.73. The zero-order valence-electron chi connectivity index (χ0n) is 22.0. The van der Waals surface area contributed by atoms with E-state index in [9.17, 15) is 0 Å². The molecule has 194 valence electrons. The summed E-state index contributed by atoms with van der Waals surface area (Å²) in [6.45, 7) is 0. The van der Waals surface area contributed by atoms with Crippen LogP contribution in [0, 0.1) is 0 Å². The minimum absolute atomic E-state index is 0.234. The van der Waals surface area contributed by atoms with Gasteiger partial charge in [0.2, 0.25) is 0 Å². The summed E-state index contributed by atoms with van der Waals surface area (Å²) in [6.07, 6.45) is -0.234. The zero-order valence-corrected chi connectivity index (χ0v) is 22.0. The average molecular weight is 529 g/mol. The highest BCUT2D eigenvalue weighted by molar-refractivity contribution is 5.97. The fourth-order valence-corrected chi connectivity index (χ4v) is 5.42. The molecule has 1 N–H and O–H groups in total. The Balaban J connectivity index is 1.27. The Bertz CT molecular complexity index is 2060. The number of hydrogen-bond acceptors (Lipinski definition) is 5. The molecule has 7 aromatic rings. The van der Waals surface area contributed by atoms with Crippen molar-refractivity contribution in [3.63, 3.8) is 0 Å². The van der Waals surface area contributed by atoms with Gasteiger partial charge in [-0.25, -0.2) is 15.0 Å². The largest absolute Gasteiger partial charge is 0.464 e. The van der Waals surface area contributed by atoms with Crippen molar-refractivity contribution in [3.05, 3.63) is 139 Å². The van der Waals surface area contributed by atoms with E-state index in [1.54, 1.807) is 0 Å². The molecule has 0 aliphatic carbocycles. The summed E-state index contributed by atoms with van der Waals surface area (Å²) in [5, 5.41) is 7.95. The van der Waals surface area contributed by atoms with Gasteiger partial charge in [-0.15, -0.1) is 0 Å². The predicted octanol–water partition coefficient (Wildman–Crippen LogP) is 8.68. The molecule has 1 aliphatic rings. The summed E-state index contributed by atoms with van der Waals surface area (Å²) in [5.41, 5.74) is 4.85. The topological polar surface area (TPSA) is 59.9 Å². The second-order valence-electron chi connectivity index (χ2n) is 10.2. The third-order valence-electron chi connectivity index (χ3n) is 7.53. The normalized spacial score (nSPS) is 14.0. The molecule has 6 aromatic carbocycles. The molecule has 0 saturated heterocycles. The van der Waals surface area contributed by atoms with Gasteiger partial charge in [-0.1, -0.05) is 115 Å². The first-order valence-electron chi connectivity index (χ1n) is 13.6. The second-order valence-corrected chi connectivity index (χ2v) is 10.2. The van der Waals surface area contributed by atoms with E-state index in [1.807, 2.05) is 60.7 Å². The van der Waals surface area contributed by atoms with Crippen molar-refractivity contribution >= 4 is 27.2 Å². The van der Waals surface area contributed by atoms with Gasteiger partial charge < -0.3 is 10.1 Å². The minimum atomic E-state index is -0.234. The van der Waals surface area contributed by atoms with Gasteiger partial charge in [0.25, 0.3) is 0 Å². The van der Waals surface area contributed by atoms with Gasteiger partial charge in [0.1, 0.15) is 0 Å². The number of rotatable bonds is 4. The average Bonchev–Trinajstić information content (AvgIpc) is 3.50. The number of nitrogens with zero attached hydrogens (tertiary/aromatic N) is 3. The Morgan fingerprint density at radius 3 is 1.83 bits per heavy atom. The zero-order chi connectivity index (χ0) is 27.2. The molecule has 0 saturated carbocycles. The molecule has 8 rings (SSSR count). The first kappa shape index (κ1) is 23.3. The highest BCUT2D eigenvalue weighted by atomic mass is 16.5. The maximum Gasteiger partial charge on any atom is 0.196 e. The van der Waals surface area contributed by atoms with Crippen molar-refractivity contribution in [2.45, 2.75) is 6.23 Å². The van der Waals surface area contributed by atoms with E-state index in [0.29, 0.717) is 17.5 Å². The first-order valence-corrected chi connectivity index (χ1v) is 13.6. The summed E-state index contributed by atoms with van der Waals surface area (Å²) in [4.78, 5) is 14.8. The molecule has 41 heavy (non-hydrogen) atoms. The van der Waals surface area contributed by atoms with Crippen LogP contribution in [-0.2, 0) is 0 Å². The van der Waals surface area contributed by atoms with Gasteiger partial charge in [-0.05, 0) is 34.4 Å². The Morgan fingerprint density at radius 1 is 0.488 bits per heavy atom. The summed E-state index contributed by atoms with van der Waals surface area (Å²) < 4.78 is 6.46. The van der Waals surface area contributed by atoms with Crippen LogP contribution in [0.3, 0.4) is 0 Å². The summed E-state index contributed by atoms with van der Waals surface area (Å²) >= 11 is 0.